The van der Waals surface area contributed by atoms with Crippen molar-refractivity contribution in [1.29, 1.82) is 0 Å². The van der Waals surface area contributed by atoms with E-state index in [1.807, 2.05) is 7.05 Å². The maximum Gasteiger partial charge on any atom is 0.0982 e. The van der Waals surface area contributed by atoms with Crippen LogP contribution in [-0.2, 0) is 19.0 Å². The molecule has 0 aliphatic carbocycles. The maximum absolute atomic E-state index is 4.72. The van der Waals surface area contributed by atoms with Crippen molar-refractivity contribution in [1.82, 2.24) is 25.3 Å². The Morgan fingerprint density at radius 1 is 1.42 bits per heavy atom. The van der Waals surface area contributed by atoms with Gasteiger partial charge in [-0.2, -0.15) is 0 Å². The molecule has 0 aliphatic heterocycles. The molecule has 2 aromatic rings. The molecule has 2 heterocycles. The molecule has 0 spiro atoms. The van der Waals surface area contributed by atoms with E-state index in [4.69, 9.17) is 4.98 Å². The first kappa shape index (κ1) is 14.1. The third kappa shape index (κ3) is 3.39. The van der Waals surface area contributed by atoms with E-state index in [1.54, 1.807) is 22.2 Å². The molecule has 0 fully saturated rings. The summed E-state index contributed by atoms with van der Waals surface area (Å²) in [6.45, 7) is 9.44. The molecule has 5 nitrogen and oxygen atoms in total. The summed E-state index contributed by atoms with van der Waals surface area (Å²) in [4.78, 5) is 4.72. The zero-order chi connectivity index (χ0) is 14.0. The van der Waals surface area contributed by atoms with Gasteiger partial charge in [-0.25, -0.2) is 4.98 Å². The fourth-order valence-electron chi connectivity index (χ4n) is 1.66. The molecule has 2 rings (SSSR count). The monoisotopic (exact) mass is 279 g/mol. The Labute approximate surface area is 118 Å². The van der Waals surface area contributed by atoms with Crippen LogP contribution in [0.3, 0.4) is 0 Å². The van der Waals surface area contributed by atoms with E-state index in [-0.39, 0.29) is 11.5 Å². The van der Waals surface area contributed by atoms with Crippen LogP contribution in [0.4, 0.5) is 0 Å². The van der Waals surface area contributed by atoms with Crippen molar-refractivity contribution in [3.63, 3.8) is 0 Å². The van der Waals surface area contributed by atoms with Crippen LogP contribution in [0.15, 0.2) is 11.6 Å². The average Bonchev–Trinajstić information content (AvgIpc) is 2.93. The molecule has 104 valence electrons. The fourth-order valence-corrected chi connectivity index (χ4v) is 2.66. The van der Waals surface area contributed by atoms with Crippen molar-refractivity contribution < 1.29 is 0 Å². The van der Waals surface area contributed by atoms with Crippen molar-refractivity contribution in [3.8, 4) is 0 Å². The fraction of sp³-hybridized carbons (Fsp3) is 0.615. The van der Waals surface area contributed by atoms with Crippen LogP contribution >= 0.6 is 11.3 Å². The van der Waals surface area contributed by atoms with Crippen LogP contribution in [0.2, 0.25) is 0 Å². The average molecular weight is 279 g/mol. The Hall–Kier alpha value is -1.27. The minimum absolute atomic E-state index is 0.120. The third-order valence-electron chi connectivity index (χ3n) is 3.00. The molecule has 6 heteroatoms. The minimum Gasteiger partial charge on any atom is -0.303 e. The smallest absolute Gasteiger partial charge is 0.0982 e. The normalized spacial score (nSPS) is 13.7. The van der Waals surface area contributed by atoms with E-state index < -0.39 is 0 Å². The Morgan fingerprint density at radius 2 is 2.16 bits per heavy atom. The van der Waals surface area contributed by atoms with Gasteiger partial charge in [0.25, 0.3) is 0 Å². The molecule has 1 atom stereocenters. The molecule has 0 bridgehead atoms. The zero-order valence-corrected chi connectivity index (χ0v) is 13.0. The molecule has 0 radical (unpaired) electrons. The summed E-state index contributed by atoms with van der Waals surface area (Å²) < 4.78 is 1.78. The van der Waals surface area contributed by atoms with Gasteiger partial charge < -0.3 is 5.32 Å². The van der Waals surface area contributed by atoms with Gasteiger partial charge in [0.1, 0.15) is 0 Å². The minimum atomic E-state index is 0.120. The van der Waals surface area contributed by atoms with Crippen molar-refractivity contribution in [2.24, 2.45) is 7.05 Å². The lowest BCUT2D eigenvalue weighted by Crippen LogP contribution is -2.20. The maximum atomic E-state index is 4.72. The summed E-state index contributed by atoms with van der Waals surface area (Å²) in [6.07, 6.45) is 1.78. The highest BCUT2D eigenvalue weighted by Crippen LogP contribution is 2.27. The second-order valence-corrected chi connectivity index (χ2v) is 6.64. The number of hydrogen-bond donors (Lipinski definition) is 1. The van der Waals surface area contributed by atoms with Crippen molar-refractivity contribution in [2.45, 2.75) is 45.7 Å². The van der Waals surface area contributed by atoms with Gasteiger partial charge in [-0.3, -0.25) is 4.68 Å². The molecule has 0 saturated heterocycles. The molecule has 1 unspecified atom stereocenters. The number of aromatic nitrogens is 4. The molecule has 0 amide bonds. The topological polar surface area (TPSA) is 55.6 Å². The predicted octanol–water partition coefficient (Wildman–Crippen LogP) is 2.42. The van der Waals surface area contributed by atoms with Gasteiger partial charge in [0.15, 0.2) is 0 Å². The summed E-state index contributed by atoms with van der Waals surface area (Å²) in [5, 5.41) is 14.6. The number of nitrogens with zero attached hydrogens (tertiary/aromatic N) is 4. The SMILES string of the molecule is CC(NCc1cnnn1C)c1csc(C(C)(C)C)n1. The lowest BCUT2D eigenvalue weighted by Gasteiger charge is -2.15. The lowest BCUT2D eigenvalue weighted by atomic mass is 9.98. The summed E-state index contributed by atoms with van der Waals surface area (Å²) >= 11 is 1.73. The van der Waals surface area contributed by atoms with Gasteiger partial charge in [-0.1, -0.05) is 26.0 Å². The number of hydrogen-bond acceptors (Lipinski definition) is 5. The third-order valence-corrected chi connectivity index (χ3v) is 4.29. The highest BCUT2D eigenvalue weighted by molar-refractivity contribution is 7.09. The largest absolute Gasteiger partial charge is 0.303 e. The molecule has 19 heavy (non-hydrogen) atoms. The predicted molar refractivity (Wildman–Crippen MR) is 77.1 cm³/mol. The van der Waals surface area contributed by atoms with E-state index in [2.05, 4.69) is 48.7 Å². The van der Waals surface area contributed by atoms with Crippen LogP contribution in [0, 0.1) is 0 Å². The molecule has 1 N–H and O–H groups in total. The van der Waals surface area contributed by atoms with Gasteiger partial charge in [0.05, 0.1) is 22.6 Å². The molecular formula is C13H21N5S. The molecule has 0 saturated carbocycles. The van der Waals surface area contributed by atoms with Gasteiger partial charge in [0.2, 0.25) is 0 Å². The van der Waals surface area contributed by atoms with E-state index in [0.29, 0.717) is 0 Å². The standard InChI is InChI=1S/C13H21N5S/c1-9(14-6-10-7-15-17-18(10)5)11-8-19-12(16-11)13(2,3)4/h7-9,14H,6H2,1-5H3. The summed E-state index contributed by atoms with van der Waals surface area (Å²) in [7, 11) is 1.90. The molecular weight excluding hydrogens is 258 g/mol. The van der Waals surface area contributed by atoms with Crippen LogP contribution in [0.1, 0.15) is 50.1 Å². The first-order valence-electron chi connectivity index (χ1n) is 6.41. The number of thiazole rings is 1. The van der Waals surface area contributed by atoms with Gasteiger partial charge in [-0.05, 0) is 6.92 Å². The molecule has 2 aromatic heterocycles. The van der Waals surface area contributed by atoms with Crippen LogP contribution in [0.25, 0.3) is 0 Å². The quantitative estimate of drug-likeness (QED) is 0.934. The van der Waals surface area contributed by atoms with E-state index >= 15 is 0 Å². The summed E-state index contributed by atoms with van der Waals surface area (Å²) in [6, 6.07) is 0.224. The first-order chi connectivity index (χ1) is 8.88. The number of aryl methyl sites for hydroxylation is 1. The summed E-state index contributed by atoms with van der Waals surface area (Å²) in [5.41, 5.74) is 2.29. The Balaban J connectivity index is 1.98. The van der Waals surface area contributed by atoms with Gasteiger partial charge >= 0.3 is 0 Å². The Morgan fingerprint density at radius 3 is 2.68 bits per heavy atom. The number of rotatable bonds is 4. The summed E-state index contributed by atoms with van der Waals surface area (Å²) in [5.74, 6) is 0. The lowest BCUT2D eigenvalue weighted by molar-refractivity contribution is 0.529. The second-order valence-electron chi connectivity index (χ2n) is 5.78. The van der Waals surface area contributed by atoms with Crippen molar-refractivity contribution >= 4 is 11.3 Å². The van der Waals surface area contributed by atoms with Gasteiger partial charge in [-0.15, -0.1) is 16.4 Å². The highest BCUT2D eigenvalue weighted by Gasteiger charge is 2.19. The Kier molecular flexibility index (Phi) is 4.01. The van der Waals surface area contributed by atoms with Crippen molar-refractivity contribution in [2.75, 3.05) is 0 Å². The van der Waals surface area contributed by atoms with Gasteiger partial charge in [0, 0.05) is 30.4 Å². The van der Waals surface area contributed by atoms with Crippen LogP contribution in [-0.4, -0.2) is 20.0 Å². The first-order valence-corrected chi connectivity index (χ1v) is 7.28. The molecule has 0 aromatic carbocycles. The highest BCUT2D eigenvalue weighted by atomic mass is 32.1. The van der Waals surface area contributed by atoms with E-state index in [9.17, 15) is 0 Å². The van der Waals surface area contributed by atoms with Crippen LogP contribution < -0.4 is 5.32 Å². The van der Waals surface area contributed by atoms with E-state index in [0.717, 1.165) is 17.9 Å². The Bertz CT molecular complexity index is 537. The second kappa shape index (κ2) is 5.38. The molecule has 0 aliphatic rings. The zero-order valence-electron chi connectivity index (χ0n) is 12.1. The van der Waals surface area contributed by atoms with Crippen LogP contribution in [0.5, 0.6) is 0 Å². The van der Waals surface area contributed by atoms with E-state index in [1.165, 1.54) is 5.01 Å². The van der Waals surface area contributed by atoms with Crippen molar-refractivity contribution in [3.05, 3.63) is 28.0 Å². The number of nitrogens with one attached hydrogen (secondary N) is 1.